The van der Waals surface area contributed by atoms with E-state index in [1.807, 2.05) is 0 Å². The third kappa shape index (κ3) is 3.77. The van der Waals surface area contributed by atoms with Crippen molar-refractivity contribution in [2.45, 2.75) is 43.5 Å². The van der Waals surface area contributed by atoms with Gasteiger partial charge in [-0.05, 0) is 54.9 Å². The fourth-order valence-corrected chi connectivity index (χ4v) is 5.87. The molecule has 1 N–H and O–H groups in total. The van der Waals surface area contributed by atoms with Crippen molar-refractivity contribution in [3.05, 3.63) is 80.5 Å². The zero-order valence-electron chi connectivity index (χ0n) is 16.3. The molecule has 3 nitrogen and oxygen atoms in total. The third-order valence-electron chi connectivity index (χ3n) is 5.54. The number of hydrogen-bond acceptors (Lipinski definition) is 4. The predicted molar refractivity (Wildman–Crippen MR) is 123 cm³/mol. The highest BCUT2D eigenvalue weighted by atomic mass is 32.2. The number of nitrogens with zero attached hydrogens (tertiary/aromatic N) is 1. The minimum Gasteiger partial charge on any atom is -0.301 e. The normalized spacial score (nSPS) is 13.6. The molecule has 0 atom stereocenters. The third-order valence-corrected chi connectivity index (χ3v) is 7.36. The molecule has 0 aliphatic heterocycles. The Morgan fingerprint density at radius 1 is 1.10 bits per heavy atom. The first-order valence-corrected chi connectivity index (χ1v) is 11.9. The maximum absolute atomic E-state index is 12.9. The van der Waals surface area contributed by atoms with Gasteiger partial charge in [0, 0.05) is 16.7 Å². The van der Waals surface area contributed by atoms with E-state index in [2.05, 4.69) is 59.8 Å². The van der Waals surface area contributed by atoms with Crippen molar-refractivity contribution in [3.63, 3.8) is 0 Å². The summed E-state index contributed by atoms with van der Waals surface area (Å²) in [4.78, 5) is 21.4. The molecule has 4 aromatic rings. The molecular formula is C24H22N2OS2. The molecule has 0 saturated carbocycles. The Hall–Kier alpha value is -2.37. The van der Waals surface area contributed by atoms with Crippen LogP contribution in [0, 0.1) is 6.92 Å². The van der Waals surface area contributed by atoms with Gasteiger partial charge in [0.05, 0.1) is 5.39 Å². The molecule has 5 heteroatoms. The van der Waals surface area contributed by atoms with E-state index in [1.54, 1.807) is 23.1 Å². The molecule has 29 heavy (non-hydrogen) atoms. The Morgan fingerprint density at radius 3 is 2.83 bits per heavy atom. The first-order chi connectivity index (χ1) is 14.2. The molecule has 146 valence electrons. The van der Waals surface area contributed by atoms with Gasteiger partial charge < -0.3 is 4.98 Å². The summed E-state index contributed by atoms with van der Waals surface area (Å²) in [5.41, 5.74) is 7.46. The SMILES string of the molecule is Cc1cccc(CSc2nc3scc(-c4ccc5c(c4)CCCC5)c3c(=O)[nH]2)c1. The van der Waals surface area contributed by atoms with Crippen molar-refractivity contribution in [2.75, 3.05) is 0 Å². The minimum atomic E-state index is -0.0456. The van der Waals surface area contributed by atoms with E-state index in [1.165, 1.54) is 41.5 Å². The van der Waals surface area contributed by atoms with Crippen LogP contribution in [0.15, 0.2) is 57.8 Å². The van der Waals surface area contributed by atoms with Gasteiger partial charge in [0.1, 0.15) is 4.83 Å². The highest BCUT2D eigenvalue weighted by Crippen LogP contribution is 2.34. The van der Waals surface area contributed by atoms with Crippen molar-refractivity contribution in [3.8, 4) is 11.1 Å². The molecule has 0 fully saturated rings. The molecule has 5 rings (SSSR count). The number of fused-ring (bicyclic) bond motifs is 2. The second-order valence-electron chi connectivity index (χ2n) is 7.67. The van der Waals surface area contributed by atoms with Crippen LogP contribution < -0.4 is 5.56 Å². The average Bonchev–Trinajstić information content (AvgIpc) is 3.17. The average molecular weight is 419 g/mol. The predicted octanol–water partition coefficient (Wildman–Crippen LogP) is 6.13. The van der Waals surface area contributed by atoms with Crippen LogP contribution in [0.3, 0.4) is 0 Å². The van der Waals surface area contributed by atoms with Gasteiger partial charge in [0.25, 0.3) is 5.56 Å². The van der Waals surface area contributed by atoms with Crippen molar-refractivity contribution < 1.29 is 0 Å². The van der Waals surface area contributed by atoms with Crippen molar-refractivity contribution in [1.82, 2.24) is 9.97 Å². The van der Waals surface area contributed by atoms with Gasteiger partial charge in [-0.2, -0.15) is 0 Å². The van der Waals surface area contributed by atoms with Crippen LogP contribution in [0.4, 0.5) is 0 Å². The number of H-pyrrole nitrogens is 1. The topological polar surface area (TPSA) is 45.8 Å². The molecule has 1 aliphatic carbocycles. The monoisotopic (exact) mass is 418 g/mol. The van der Waals surface area contributed by atoms with Crippen LogP contribution in [0.25, 0.3) is 21.3 Å². The van der Waals surface area contributed by atoms with Gasteiger partial charge in [0.15, 0.2) is 5.16 Å². The van der Waals surface area contributed by atoms with E-state index in [4.69, 9.17) is 4.98 Å². The molecule has 0 spiro atoms. The maximum Gasteiger partial charge on any atom is 0.260 e. The zero-order valence-corrected chi connectivity index (χ0v) is 18.0. The highest BCUT2D eigenvalue weighted by Gasteiger charge is 2.16. The summed E-state index contributed by atoms with van der Waals surface area (Å²) in [6.45, 7) is 2.09. The number of nitrogens with one attached hydrogen (secondary N) is 1. The van der Waals surface area contributed by atoms with Crippen molar-refractivity contribution in [2.24, 2.45) is 0 Å². The summed E-state index contributed by atoms with van der Waals surface area (Å²) in [7, 11) is 0. The maximum atomic E-state index is 12.9. The summed E-state index contributed by atoms with van der Waals surface area (Å²) < 4.78 is 0. The van der Waals surface area contributed by atoms with Crippen molar-refractivity contribution in [1.29, 1.82) is 0 Å². The van der Waals surface area contributed by atoms with E-state index in [9.17, 15) is 4.79 Å². The second-order valence-corrected chi connectivity index (χ2v) is 9.49. The number of aromatic amines is 1. The van der Waals surface area contributed by atoms with Gasteiger partial charge >= 0.3 is 0 Å². The summed E-state index contributed by atoms with van der Waals surface area (Å²) in [6, 6.07) is 15.1. The van der Waals surface area contributed by atoms with Gasteiger partial charge in [-0.25, -0.2) is 4.98 Å². The van der Waals surface area contributed by atoms with Crippen LogP contribution in [-0.2, 0) is 18.6 Å². The van der Waals surface area contributed by atoms with Gasteiger partial charge in [0.2, 0.25) is 0 Å². The van der Waals surface area contributed by atoms with E-state index in [0.717, 1.165) is 28.1 Å². The number of thiophene rings is 1. The second kappa shape index (κ2) is 7.81. The van der Waals surface area contributed by atoms with Crippen LogP contribution in [0.5, 0.6) is 0 Å². The number of thioether (sulfide) groups is 1. The first kappa shape index (κ1) is 18.6. The Bertz CT molecular complexity index is 1260. The van der Waals surface area contributed by atoms with E-state index < -0.39 is 0 Å². The lowest BCUT2D eigenvalue weighted by Crippen LogP contribution is -2.09. The smallest absolute Gasteiger partial charge is 0.260 e. The Labute approximate surface area is 178 Å². The lowest BCUT2D eigenvalue weighted by molar-refractivity contribution is 0.686. The Kier molecular flexibility index (Phi) is 5.02. The molecule has 2 aromatic carbocycles. The van der Waals surface area contributed by atoms with E-state index in [-0.39, 0.29) is 5.56 Å². The molecule has 0 bridgehead atoms. The summed E-state index contributed by atoms with van der Waals surface area (Å²) in [5.74, 6) is 0.791. The molecule has 0 saturated heterocycles. The lowest BCUT2D eigenvalue weighted by atomic mass is 9.89. The quantitative estimate of drug-likeness (QED) is 0.320. The number of aromatic nitrogens is 2. The largest absolute Gasteiger partial charge is 0.301 e. The number of rotatable bonds is 4. The van der Waals surface area contributed by atoms with Crippen molar-refractivity contribution >= 4 is 33.3 Å². The van der Waals surface area contributed by atoms with Crippen LogP contribution >= 0.6 is 23.1 Å². The van der Waals surface area contributed by atoms with E-state index in [0.29, 0.717) is 10.5 Å². The number of hydrogen-bond donors (Lipinski definition) is 1. The van der Waals surface area contributed by atoms with Gasteiger partial charge in [-0.15, -0.1) is 11.3 Å². The van der Waals surface area contributed by atoms with Crippen LogP contribution in [0.1, 0.15) is 35.1 Å². The number of benzene rings is 2. The zero-order chi connectivity index (χ0) is 19.8. The summed E-state index contributed by atoms with van der Waals surface area (Å²) in [6.07, 6.45) is 4.84. The summed E-state index contributed by atoms with van der Waals surface area (Å²) in [5, 5.41) is 3.47. The molecule has 0 radical (unpaired) electrons. The Balaban J connectivity index is 1.46. The van der Waals surface area contributed by atoms with Crippen LogP contribution in [-0.4, -0.2) is 9.97 Å². The molecular weight excluding hydrogens is 396 g/mol. The lowest BCUT2D eigenvalue weighted by Gasteiger charge is -2.16. The van der Waals surface area contributed by atoms with Gasteiger partial charge in [-0.3, -0.25) is 4.79 Å². The number of aryl methyl sites for hydroxylation is 3. The molecule has 1 aliphatic rings. The standard InChI is InChI=1S/C24H22N2OS2/c1-15-5-4-6-16(11-15)13-29-24-25-22(27)21-20(14-28-23(21)26-24)19-10-9-17-7-2-3-8-18(17)12-19/h4-6,9-12,14H,2-3,7-8,13H2,1H3,(H,25,26,27). The molecule has 2 heterocycles. The molecule has 0 unspecified atom stereocenters. The Morgan fingerprint density at radius 2 is 1.97 bits per heavy atom. The van der Waals surface area contributed by atoms with Gasteiger partial charge in [-0.1, -0.05) is 59.8 Å². The fraction of sp³-hybridized carbons (Fsp3) is 0.250. The first-order valence-electron chi connectivity index (χ1n) is 9.99. The van der Waals surface area contributed by atoms with E-state index >= 15 is 0 Å². The highest BCUT2D eigenvalue weighted by molar-refractivity contribution is 7.98. The fourth-order valence-electron chi connectivity index (χ4n) is 4.06. The minimum absolute atomic E-state index is 0.0456. The van der Waals surface area contributed by atoms with Crippen LogP contribution in [0.2, 0.25) is 0 Å². The molecule has 2 aromatic heterocycles. The summed E-state index contributed by atoms with van der Waals surface area (Å²) >= 11 is 3.13. The molecule has 0 amide bonds.